The smallest absolute Gasteiger partial charge is 0.354 e. The predicted molar refractivity (Wildman–Crippen MR) is 119 cm³/mol. The van der Waals surface area contributed by atoms with Crippen molar-refractivity contribution in [2.45, 2.75) is 41.2 Å². The van der Waals surface area contributed by atoms with Gasteiger partial charge in [-0.3, -0.25) is 9.59 Å². The van der Waals surface area contributed by atoms with Gasteiger partial charge in [-0.15, -0.1) is 0 Å². The van der Waals surface area contributed by atoms with Crippen LogP contribution in [0.25, 0.3) is 0 Å². The molecule has 0 aliphatic heterocycles. The number of ether oxygens (including phenoxy) is 2. The number of carbonyl (C=O) groups excluding carboxylic acids is 3. The summed E-state index contributed by atoms with van der Waals surface area (Å²) in [7, 11) is 2.89. The second-order valence-corrected chi connectivity index (χ2v) is 7.90. The quantitative estimate of drug-likeness (QED) is 0.447. The summed E-state index contributed by atoms with van der Waals surface area (Å²) >= 11 is 0. The van der Waals surface area contributed by atoms with Crippen molar-refractivity contribution in [2.24, 2.45) is 5.92 Å². The van der Waals surface area contributed by atoms with Gasteiger partial charge in [0.25, 0.3) is 5.91 Å². The number of hydrogen-bond donors (Lipinski definition) is 0. The van der Waals surface area contributed by atoms with Crippen LogP contribution in [0.4, 0.5) is 0 Å². The number of benzene rings is 1. The number of amides is 1. The topological polar surface area (TPSA) is 77.8 Å². The van der Waals surface area contributed by atoms with E-state index in [9.17, 15) is 14.4 Å². The van der Waals surface area contributed by atoms with Crippen LogP contribution in [0.3, 0.4) is 0 Å². The lowest BCUT2D eigenvalue weighted by molar-refractivity contribution is 0.0587. The number of Topliss-reactive ketones (excluding diaryl/α,β-unsaturated/α-hetero) is 1. The minimum absolute atomic E-state index is 0.0704. The van der Waals surface area contributed by atoms with Crippen molar-refractivity contribution in [3.63, 3.8) is 0 Å². The third kappa shape index (κ3) is 5.16. The summed E-state index contributed by atoms with van der Waals surface area (Å²) in [6.45, 7) is 10.4. The zero-order chi connectivity index (χ0) is 23.3. The average Bonchev–Trinajstić information content (AvgIpc) is 3.01. The van der Waals surface area contributed by atoms with Gasteiger partial charge in [-0.05, 0) is 56.5 Å². The van der Waals surface area contributed by atoms with E-state index in [4.69, 9.17) is 9.47 Å². The van der Waals surface area contributed by atoms with E-state index in [1.165, 1.54) is 7.11 Å². The highest BCUT2D eigenvalue weighted by Gasteiger charge is 2.28. The Bertz CT molecular complexity index is 957. The monoisotopic (exact) mass is 428 g/mol. The van der Waals surface area contributed by atoms with Crippen molar-refractivity contribution in [3.05, 3.63) is 52.3 Å². The molecular formula is C24H32N2O5. The Morgan fingerprint density at radius 2 is 1.68 bits per heavy atom. The Morgan fingerprint density at radius 3 is 2.16 bits per heavy atom. The van der Waals surface area contributed by atoms with Crippen LogP contribution in [0.1, 0.15) is 63.2 Å². The molecule has 0 saturated heterocycles. The summed E-state index contributed by atoms with van der Waals surface area (Å²) < 4.78 is 11.9. The average molecular weight is 429 g/mol. The first-order valence-corrected chi connectivity index (χ1v) is 10.4. The van der Waals surface area contributed by atoms with E-state index in [-0.39, 0.29) is 24.2 Å². The maximum Gasteiger partial charge on any atom is 0.354 e. The third-order valence-electron chi connectivity index (χ3n) is 5.28. The van der Waals surface area contributed by atoms with E-state index < -0.39 is 5.97 Å². The molecule has 2 aromatic rings. The van der Waals surface area contributed by atoms with Crippen molar-refractivity contribution in [2.75, 3.05) is 27.3 Å². The molecule has 0 atom stereocenters. The van der Waals surface area contributed by atoms with Gasteiger partial charge in [-0.2, -0.15) is 0 Å². The van der Waals surface area contributed by atoms with Crippen molar-refractivity contribution < 1.29 is 23.9 Å². The second-order valence-electron chi connectivity index (χ2n) is 7.90. The molecule has 0 spiro atoms. The first-order valence-electron chi connectivity index (χ1n) is 10.4. The van der Waals surface area contributed by atoms with Crippen LogP contribution in [0, 0.1) is 19.8 Å². The molecule has 0 fully saturated rings. The number of esters is 1. The summed E-state index contributed by atoms with van der Waals surface area (Å²) in [5, 5.41) is 0. The zero-order valence-corrected chi connectivity index (χ0v) is 19.4. The zero-order valence-electron chi connectivity index (χ0n) is 19.4. The minimum Gasteiger partial charge on any atom is -0.497 e. The van der Waals surface area contributed by atoms with Crippen LogP contribution in [0.5, 0.6) is 5.75 Å². The molecule has 1 aromatic heterocycles. The number of methoxy groups -OCH3 is 2. The van der Waals surface area contributed by atoms with Gasteiger partial charge in [0.2, 0.25) is 0 Å². The van der Waals surface area contributed by atoms with Gasteiger partial charge in [0, 0.05) is 29.9 Å². The van der Waals surface area contributed by atoms with Gasteiger partial charge in [-0.25, -0.2) is 4.79 Å². The molecule has 168 valence electrons. The minimum atomic E-state index is -0.477. The maximum atomic E-state index is 13.3. The van der Waals surface area contributed by atoms with Gasteiger partial charge in [-0.1, -0.05) is 13.8 Å². The first-order chi connectivity index (χ1) is 14.7. The largest absolute Gasteiger partial charge is 0.497 e. The molecule has 0 N–H and O–H groups in total. The molecule has 0 radical (unpaired) electrons. The fourth-order valence-electron chi connectivity index (χ4n) is 3.89. The van der Waals surface area contributed by atoms with Crippen LogP contribution in [0.15, 0.2) is 24.3 Å². The van der Waals surface area contributed by atoms with Crippen molar-refractivity contribution in [1.29, 1.82) is 0 Å². The Balaban J connectivity index is 2.39. The lowest BCUT2D eigenvalue weighted by atomic mass is 10.0. The summed E-state index contributed by atoms with van der Waals surface area (Å²) in [5.41, 5.74) is 2.62. The molecule has 0 aliphatic rings. The van der Waals surface area contributed by atoms with Crippen LogP contribution in [0.2, 0.25) is 0 Å². The van der Waals surface area contributed by atoms with Crippen molar-refractivity contribution in [3.8, 4) is 5.75 Å². The molecule has 31 heavy (non-hydrogen) atoms. The van der Waals surface area contributed by atoms with Gasteiger partial charge >= 0.3 is 5.97 Å². The van der Waals surface area contributed by atoms with Crippen LogP contribution < -0.4 is 4.74 Å². The molecule has 1 amide bonds. The second kappa shape index (κ2) is 10.3. The number of ketones is 1. The van der Waals surface area contributed by atoms with E-state index in [1.807, 2.05) is 27.7 Å². The molecule has 0 aliphatic carbocycles. The molecule has 0 saturated carbocycles. The molecule has 2 rings (SSSR count). The number of aromatic nitrogens is 1. The van der Waals surface area contributed by atoms with Crippen molar-refractivity contribution >= 4 is 17.7 Å². The number of carbonyl (C=O) groups is 3. The Hall–Kier alpha value is -3.09. The highest BCUT2D eigenvalue weighted by atomic mass is 16.5. The Labute approximate surface area is 183 Å². The third-order valence-corrected chi connectivity index (χ3v) is 5.28. The Kier molecular flexibility index (Phi) is 8.02. The van der Waals surface area contributed by atoms with Crippen molar-refractivity contribution in [1.82, 2.24) is 9.47 Å². The first kappa shape index (κ1) is 24.2. The van der Waals surface area contributed by atoms with Gasteiger partial charge in [0.15, 0.2) is 5.78 Å². The maximum absolute atomic E-state index is 13.3. The van der Waals surface area contributed by atoms with E-state index in [0.717, 1.165) is 0 Å². The highest BCUT2D eigenvalue weighted by Crippen LogP contribution is 2.24. The molecule has 1 heterocycles. The lowest BCUT2D eigenvalue weighted by Crippen LogP contribution is -2.38. The molecule has 0 unspecified atom stereocenters. The summed E-state index contributed by atoms with van der Waals surface area (Å²) in [6, 6.07) is 6.83. The number of hydrogen-bond acceptors (Lipinski definition) is 5. The van der Waals surface area contributed by atoms with E-state index in [1.54, 1.807) is 47.8 Å². The highest BCUT2D eigenvalue weighted by molar-refractivity contribution is 6.06. The van der Waals surface area contributed by atoms with Gasteiger partial charge in [0.1, 0.15) is 11.4 Å². The summed E-state index contributed by atoms with van der Waals surface area (Å²) in [4.78, 5) is 40.3. The van der Waals surface area contributed by atoms with Gasteiger partial charge < -0.3 is 18.9 Å². The summed E-state index contributed by atoms with van der Waals surface area (Å²) in [6.07, 6.45) is 0. The fourth-order valence-corrected chi connectivity index (χ4v) is 3.89. The molecule has 7 nitrogen and oxygen atoms in total. The fraction of sp³-hybridized carbons (Fsp3) is 0.458. The van der Waals surface area contributed by atoms with Crippen LogP contribution in [-0.2, 0) is 11.3 Å². The normalized spacial score (nSPS) is 10.8. The number of rotatable bonds is 9. The predicted octanol–water partition coefficient (Wildman–Crippen LogP) is 3.90. The standard InChI is InChI=1S/C24H32N2O5/c1-8-26-17(5)21(16(4)22(26)24(29)31-7)20(27)14-25(13-15(2)3)23(28)18-9-11-19(30-6)12-10-18/h9-12,15H,8,13-14H2,1-7H3. The van der Waals surface area contributed by atoms with Gasteiger partial charge in [0.05, 0.1) is 20.8 Å². The lowest BCUT2D eigenvalue weighted by Gasteiger charge is -2.24. The van der Waals surface area contributed by atoms with E-state index in [2.05, 4.69) is 0 Å². The van der Waals surface area contributed by atoms with E-state index >= 15 is 0 Å². The molecule has 1 aromatic carbocycles. The van der Waals surface area contributed by atoms with Crippen LogP contribution >= 0.6 is 0 Å². The van der Waals surface area contributed by atoms with Crippen LogP contribution in [-0.4, -0.2) is 54.4 Å². The number of nitrogens with zero attached hydrogens (tertiary/aromatic N) is 2. The molecular weight excluding hydrogens is 396 g/mol. The summed E-state index contributed by atoms with van der Waals surface area (Å²) in [5.74, 6) is -0.0542. The van der Waals surface area contributed by atoms with E-state index in [0.29, 0.717) is 46.9 Å². The SMILES string of the molecule is CCn1c(C)c(C(=O)CN(CC(C)C)C(=O)c2ccc(OC)cc2)c(C)c1C(=O)OC. The molecule has 7 heteroatoms. The Morgan fingerprint density at radius 1 is 1.06 bits per heavy atom. The molecule has 0 bridgehead atoms.